The fourth-order valence-electron chi connectivity index (χ4n) is 1.88. The summed E-state index contributed by atoms with van der Waals surface area (Å²) in [5, 5.41) is 8.97. The molecule has 0 aromatic heterocycles. The molecule has 0 spiro atoms. The van der Waals surface area contributed by atoms with E-state index in [0.29, 0.717) is 13.0 Å². The standard InChI is InChI=1S/C12H15NO6S/c1-18-10-5-4-9(12(14)15)8-11(10)20(16,17)13-6-2-3-7-19-13/h4-5,8H,2-3,6-7H2,1H3,(H,14,15). The van der Waals surface area contributed by atoms with Crippen molar-refractivity contribution >= 4 is 16.0 Å². The SMILES string of the molecule is COc1ccc(C(=O)O)cc1S(=O)(=O)N1CCCCO1. The summed E-state index contributed by atoms with van der Waals surface area (Å²) in [6, 6.07) is 3.69. The monoisotopic (exact) mass is 301 g/mol. The van der Waals surface area contributed by atoms with E-state index >= 15 is 0 Å². The summed E-state index contributed by atoms with van der Waals surface area (Å²) in [5.41, 5.74) is -0.124. The number of carboxylic acid groups (broad SMARTS) is 1. The molecule has 8 heteroatoms. The van der Waals surface area contributed by atoms with Crippen molar-refractivity contribution in [1.82, 2.24) is 4.47 Å². The molecule has 110 valence electrons. The lowest BCUT2D eigenvalue weighted by Crippen LogP contribution is -2.36. The third kappa shape index (κ3) is 2.77. The topological polar surface area (TPSA) is 93.1 Å². The number of rotatable bonds is 4. The second kappa shape index (κ2) is 5.78. The van der Waals surface area contributed by atoms with Crippen molar-refractivity contribution in [3.05, 3.63) is 23.8 Å². The van der Waals surface area contributed by atoms with Gasteiger partial charge in [-0.3, -0.25) is 4.84 Å². The summed E-state index contributed by atoms with van der Waals surface area (Å²) in [4.78, 5) is 15.9. The Kier molecular flexibility index (Phi) is 4.26. The molecule has 2 rings (SSSR count). The zero-order chi connectivity index (χ0) is 14.8. The van der Waals surface area contributed by atoms with Gasteiger partial charge in [0.15, 0.2) is 0 Å². The number of carboxylic acids is 1. The molecule has 20 heavy (non-hydrogen) atoms. The molecular weight excluding hydrogens is 286 g/mol. The zero-order valence-corrected chi connectivity index (χ0v) is 11.7. The Labute approximate surface area is 116 Å². The minimum absolute atomic E-state index is 0.0872. The summed E-state index contributed by atoms with van der Waals surface area (Å²) in [7, 11) is -2.61. The van der Waals surface area contributed by atoms with E-state index in [-0.39, 0.29) is 22.8 Å². The van der Waals surface area contributed by atoms with Gasteiger partial charge >= 0.3 is 5.97 Å². The summed E-state index contributed by atoms with van der Waals surface area (Å²) in [6.45, 7) is 0.558. The van der Waals surface area contributed by atoms with E-state index in [2.05, 4.69) is 0 Å². The molecule has 0 saturated carbocycles. The van der Waals surface area contributed by atoms with Crippen molar-refractivity contribution in [2.75, 3.05) is 20.3 Å². The van der Waals surface area contributed by atoms with E-state index in [1.165, 1.54) is 19.2 Å². The number of sulfonamides is 1. The molecule has 1 aromatic rings. The van der Waals surface area contributed by atoms with Crippen LogP contribution in [0.15, 0.2) is 23.1 Å². The van der Waals surface area contributed by atoms with Crippen molar-refractivity contribution in [2.24, 2.45) is 0 Å². The molecular formula is C12H15NO6S. The van der Waals surface area contributed by atoms with E-state index in [9.17, 15) is 13.2 Å². The van der Waals surface area contributed by atoms with Crippen LogP contribution in [0.2, 0.25) is 0 Å². The van der Waals surface area contributed by atoms with Crippen molar-refractivity contribution in [3.8, 4) is 5.75 Å². The predicted molar refractivity (Wildman–Crippen MR) is 69.0 cm³/mol. The van der Waals surface area contributed by atoms with Gasteiger partial charge in [0, 0.05) is 6.54 Å². The van der Waals surface area contributed by atoms with Crippen LogP contribution >= 0.6 is 0 Å². The zero-order valence-electron chi connectivity index (χ0n) is 10.9. The molecule has 0 bridgehead atoms. The second-order valence-electron chi connectivity index (χ2n) is 4.24. The van der Waals surface area contributed by atoms with Gasteiger partial charge in [-0.1, -0.05) is 4.47 Å². The lowest BCUT2D eigenvalue weighted by molar-refractivity contribution is -0.108. The third-order valence-corrected chi connectivity index (χ3v) is 4.63. The molecule has 1 aromatic carbocycles. The van der Waals surface area contributed by atoms with Crippen LogP contribution in [0.1, 0.15) is 23.2 Å². The molecule has 1 aliphatic heterocycles. The van der Waals surface area contributed by atoms with Gasteiger partial charge in [-0.25, -0.2) is 13.2 Å². The molecule has 0 radical (unpaired) electrons. The first-order valence-electron chi connectivity index (χ1n) is 6.04. The van der Waals surface area contributed by atoms with Crippen LogP contribution in [-0.2, 0) is 14.9 Å². The normalized spacial score (nSPS) is 16.9. The molecule has 1 fully saturated rings. The smallest absolute Gasteiger partial charge is 0.335 e. The maximum atomic E-state index is 12.5. The van der Waals surface area contributed by atoms with E-state index in [0.717, 1.165) is 17.0 Å². The molecule has 1 N–H and O–H groups in total. The van der Waals surface area contributed by atoms with Crippen LogP contribution in [0.4, 0.5) is 0 Å². The number of aromatic carboxylic acids is 1. The first kappa shape index (κ1) is 14.8. The minimum Gasteiger partial charge on any atom is -0.495 e. The van der Waals surface area contributed by atoms with E-state index in [1.807, 2.05) is 0 Å². The van der Waals surface area contributed by atoms with Crippen LogP contribution in [0, 0.1) is 0 Å². The Morgan fingerprint density at radius 3 is 2.70 bits per heavy atom. The summed E-state index contributed by atoms with van der Waals surface area (Å²) < 4.78 is 30.8. The van der Waals surface area contributed by atoms with Gasteiger partial charge in [-0.05, 0) is 31.0 Å². The van der Waals surface area contributed by atoms with Crippen molar-refractivity contribution in [2.45, 2.75) is 17.7 Å². The van der Waals surface area contributed by atoms with E-state index < -0.39 is 16.0 Å². The van der Waals surface area contributed by atoms with Crippen LogP contribution in [0.5, 0.6) is 5.75 Å². The molecule has 1 saturated heterocycles. The quantitative estimate of drug-likeness (QED) is 0.895. The molecule has 0 aliphatic carbocycles. The predicted octanol–water partition coefficient (Wildman–Crippen LogP) is 1.11. The largest absolute Gasteiger partial charge is 0.495 e. The summed E-state index contributed by atoms with van der Waals surface area (Å²) >= 11 is 0. The summed E-state index contributed by atoms with van der Waals surface area (Å²) in [6.07, 6.45) is 1.48. The Morgan fingerprint density at radius 1 is 1.40 bits per heavy atom. The first-order valence-corrected chi connectivity index (χ1v) is 7.48. The van der Waals surface area contributed by atoms with Crippen LogP contribution in [-0.4, -0.2) is 44.2 Å². The molecule has 0 amide bonds. The average Bonchev–Trinajstić information content (AvgIpc) is 2.47. The van der Waals surface area contributed by atoms with Crippen molar-refractivity contribution < 1.29 is 27.9 Å². The van der Waals surface area contributed by atoms with Gasteiger partial charge in [0.1, 0.15) is 10.6 Å². The molecule has 0 atom stereocenters. The van der Waals surface area contributed by atoms with Gasteiger partial charge in [0.25, 0.3) is 10.0 Å². The highest BCUT2D eigenvalue weighted by Crippen LogP contribution is 2.29. The number of nitrogens with zero attached hydrogens (tertiary/aromatic N) is 1. The number of hydrogen-bond donors (Lipinski definition) is 1. The van der Waals surface area contributed by atoms with E-state index in [4.69, 9.17) is 14.7 Å². The number of hydroxylamine groups is 1. The molecule has 7 nitrogen and oxygen atoms in total. The van der Waals surface area contributed by atoms with Crippen LogP contribution in [0.25, 0.3) is 0 Å². The highest BCUT2D eigenvalue weighted by molar-refractivity contribution is 7.89. The van der Waals surface area contributed by atoms with Gasteiger partial charge < -0.3 is 9.84 Å². The lowest BCUT2D eigenvalue weighted by Gasteiger charge is -2.25. The van der Waals surface area contributed by atoms with Crippen LogP contribution < -0.4 is 4.74 Å². The van der Waals surface area contributed by atoms with E-state index in [1.54, 1.807) is 0 Å². The number of methoxy groups -OCH3 is 1. The average molecular weight is 301 g/mol. The van der Waals surface area contributed by atoms with Gasteiger partial charge in [-0.2, -0.15) is 0 Å². The van der Waals surface area contributed by atoms with Crippen molar-refractivity contribution in [1.29, 1.82) is 0 Å². The lowest BCUT2D eigenvalue weighted by atomic mass is 10.2. The molecule has 1 heterocycles. The fourth-order valence-corrected chi connectivity index (χ4v) is 3.37. The third-order valence-electron chi connectivity index (χ3n) is 2.93. The highest BCUT2D eigenvalue weighted by Gasteiger charge is 2.31. The van der Waals surface area contributed by atoms with Gasteiger partial charge in [0.05, 0.1) is 19.3 Å². The van der Waals surface area contributed by atoms with Gasteiger partial charge in [-0.15, -0.1) is 0 Å². The number of carbonyl (C=O) groups is 1. The summed E-state index contributed by atoms with van der Waals surface area (Å²) in [5.74, 6) is -1.12. The Hall–Kier alpha value is -1.64. The molecule has 1 aliphatic rings. The number of benzene rings is 1. The maximum absolute atomic E-state index is 12.5. The minimum atomic E-state index is -3.94. The van der Waals surface area contributed by atoms with Crippen molar-refractivity contribution in [3.63, 3.8) is 0 Å². The highest BCUT2D eigenvalue weighted by atomic mass is 32.2. The molecule has 0 unspecified atom stereocenters. The van der Waals surface area contributed by atoms with Crippen LogP contribution in [0.3, 0.4) is 0 Å². The first-order chi connectivity index (χ1) is 9.46. The Balaban J connectivity index is 2.48. The fraction of sp³-hybridized carbons (Fsp3) is 0.417. The van der Waals surface area contributed by atoms with Gasteiger partial charge in [0.2, 0.25) is 0 Å². The second-order valence-corrected chi connectivity index (χ2v) is 6.04. The number of ether oxygens (including phenoxy) is 1. The Bertz CT molecular complexity index is 606. The number of hydrogen-bond acceptors (Lipinski definition) is 5. The maximum Gasteiger partial charge on any atom is 0.335 e. The Morgan fingerprint density at radius 2 is 2.15 bits per heavy atom.